The van der Waals surface area contributed by atoms with Gasteiger partial charge in [0.05, 0.1) is 24.5 Å². The second kappa shape index (κ2) is 8.05. The fourth-order valence-corrected chi connectivity index (χ4v) is 3.48. The van der Waals surface area contributed by atoms with E-state index in [4.69, 9.17) is 4.74 Å². The molecule has 8 nitrogen and oxygen atoms in total. The zero-order chi connectivity index (χ0) is 20.3. The summed E-state index contributed by atoms with van der Waals surface area (Å²) < 4.78 is 10.7. The van der Waals surface area contributed by atoms with Crippen molar-refractivity contribution in [1.82, 2.24) is 4.98 Å². The van der Waals surface area contributed by atoms with Crippen molar-refractivity contribution in [2.24, 2.45) is 0 Å². The number of rotatable bonds is 5. The predicted octanol–water partition coefficient (Wildman–Crippen LogP) is 3.30. The van der Waals surface area contributed by atoms with Gasteiger partial charge in [-0.1, -0.05) is 11.3 Å². The van der Waals surface area contributed by atoms with Crippen LogP contribution in [0.1, 0.15) is 27.6 Å². The molecule has 0 unspecified atom stereocenters. The van der Waals surface area contributed by atoms with Crippen LogP contribution in [0, 0.1) is 0 Å². The average Bonchev–Trinajstić information content (AvgIpc) is 3.08. The van der Waals surface area contributed by atoms with Gasteiger partial charge in [-0.05, 0) is 30.3 Å². The monoisotopic (exact) mass is 399 g/mol. The highest BCUT2D eigenvalue weighted by Gasteiger charge is 2.14. The van der Waals surface area contributed by atoms with Crippen LogP contribution >= 0.6 is 11.3 Å². The minimum absolute atomic E-state index is 0.220. The second-order valence-electron chi connectivity index (χ2n) is 5.75. The molecule has 28 heavy (non-hydrogen) atoms. The van der Waals surface area contributed by atoms with Crippen molar-refractivity contribution in [3.63, 3.8) is 0 Å². The second-order valence-corrected chi connectivity index (χ2v) is 6.78. The van der Waals surface area contributed by atoms with Crippen molar-refractivity contribution in [1.29, 1.82) is 0 Å². The van der Waals surface area contributed by atoms with Gasteiger partial charge in [0.2, 0.25) is 5.91 Å². The minimum Gasteiger partial charge on any atom is -0.494 e. The highest BCUT2D eigenvalue weighted by Crippen LogP contribution is 2.35. The van der Waals surface area contributed by atoms with Crippen molar-refractivity contribution < 1.29 is 23.9 Å². The summed E-state index contributed by atoms with van der Waals surface area (Å²) in [6, 6.07) is 9.53. The molecular formula is C19H17N3O5S. The summed E-state index contributed by atoms with van der Waals surface area (Å²) in [7, 11) is 2.80. The van der Waals surface area contributed by atoms with Gasteiger partial charge in [0, 0.05) is 24.2 Å². The SMILES string of the molecule is COC(=O)c1ccc(C(=O)Nc2cc(OC)c3nc(NC(C)=O)sc3c2)cc1. The van der Waals surface area contributed by atoms with Crippen LogP contribution in [0.25, 0.3) is 10.2 Å². The van der Waals surface area contributed by atoms with Crippen molar-refractivity contribution in [2.45, 2.75) is 6.92 Å². The molecule has 3 rings (SSSR count). The van der Waals surface area contributed by atoms with E-state index in [0.717, 1.165) is 4.70 Å². The van der Waals surface area contributed by atoms with Crippen molar-refractivity contribution in [3.05, 3.63) is 47.5 Å². The summed E-state index contributed by atoms with van der Waals surface area (Å²) in [5.74, 6) is -0.560. The molecule has 2 aromatic carbocycles. The maximum atomic E-state index is 12.5. The normalized spacial score (nSPS) is 10.4. The molecule has 2 amide bonds. The third-order valence-electron chi connectivity index (χ3n) is 3.79. The molecule has 3 aromatic rings. The number of thiazole rings is 1. The Labute approximate surface area is 164 Å². The van der Waals surface area contributed by atoms with E-state index in [2.05, 4.69) is 20.4 Å². The molecule has 1 aromatic heterocycles. The van der Waals surface area contributed by atoms with Gasteiger partial charge < -0.3 is 20.1 Å². The van der Waals surface area contributed by atoms with Crippen LogP contribution in [0.4, 0.5) is 10.8 Å². The van der Waals surface area contributed by atoms with Crippen LogP contribution < -0.4 is 15.4 Å². The molecule has 0 aliphatic carbocycles. The Bertz CT molecular complexity index is 1060. The van der Waals surface area contributed by atoms with Gasteiger partial charge >= 0.3 is 5.97 Å². The Morgan fingerprint density at radius 2 is 1.68 bits per heavy atom. The standard InChI is InChI=1S/C19H17N3O5S/c1-10(23)20-19-22-16-14(26-2)8-13(9-15(16)28-19)21-17(24)11-4-6-12(7-5-11)18(25)27-3/h4-9H,1-3H3,(H,21,24)(H,20,22,23). The van der Waals surface area contributed by atoms with Crippen LogP contribution in [-0.4, -0.2) is 37.0 Å². The number of carbonyl (C=O) groups excluding carboxylic acids is 3. The summed E-state index contributed by atoms with van der Waals surface area (Å²) in [5.41, 5.74) is 1.85. The summed E-state index contributed by atoms with van der Waals surface area (Å²) in [5, 5.41) is 5.88. The Balaban J connectivity index is 1.85. The quantitative estimate of drug-likeness (QED) is 0.638. The van der Waals surface area contributed by atoms with Crippen molar-refractivity contribution in [2.75, 3.05) is 24.9 Å². The minimum atomic E-state index is -0.470. The number of aromatic nitrogens is 1. The lowest BCUT2D eigenvalue weighted by Gasteiger charge is -2.08. The van der Waals surface area contributed by atoms with E-state index in [-0.39, 0.29) is 11.8 Å². The lowest BCUT2D eigenvalue weighted by atomic mass is 10.1. The van der Waals surface area contributed by atoms with Crippen LogP contribution in [0.2, 0.25) is 0 Å². The first-order valence-electron chi connectivity index (χ1n) is 8.17. The third-order valence-corrected chi connectivity index (χ3v) is 4.71. The number of hydrogen-bond acceptors (Lipinski definition) is 7. The molecule has 0 aliphatic rings. The Kier molecular flexibility index (Phi) is 5.55. The zero-order valence-electron chi connectivity index (χ0n) is 15.4. The maximum absolute atomic E-state index is 12.5. The molecule has 0 bridgehead atoms. The molecule has 0 saturated heterocycles. The molecule has 0 aliphatic heterocycles. The average molecular weight is 399 g/mol. The number of esters is 1. The summed E-state index contributed by atoms with van der Waals surface area (Å²) >= 11 is 1.27. The first kappa shape index (κ1) is 19.3. The summed E-state index contributed by atoms with van der Waals surface area (Å²) in [6.45, 7) is 1.40. The van der Waals surface area contributed by atoms with Crippen LogP contribution in [0.5, 0.6) is 5.75 Å². The Morgan fingerprint density at radius 3 is 2.29 bits per heavy atom. The van der Waals surface area contributed by atoms with E-state index < -0.39 is 5.97 Å². The van der Waals surface area contributed by atoms with Gasteiger partial charge in [0.25, 0.3) is 5.91 Å². The first-order valence-corrected chi connectivity index (χ1v) is 8.99. The van der Waals surface area contributed by atoms with Gasteiger partial charge in [-0.15, -0.1) is 0 Å². The number of benzene rings is 2. The molecule has 0 saturated carbocycles. The number of nitrogens with one attached hydrogen (secondary N) is 2. The van der Waals surface area contributed by atoms with Gasteiger partial charge in [-0.2, -0.15) is 0 Å². The largest absolute Gasteiger partial charge is 0.494 e. The van der Waals surface area contributed by atoms with E-state index in [1.807, 2.05) is 0 Å². The molecule has 9 heteroatoms. The highest BCUT2D eigenvalue weighted by molar-refractivity contribution is 7.22. The van der Waals surface area contributed by atoms with Crippen molar-refractivity contribution in [3.8, 4) is 5.75 Å². The number of amides is 2. The van der Waals surface area contributed by atoms with Gasteiger partial charge in [-0.3, -0.25) is 9.59 Å². The van der Waals surface area contributed by atoms with Crippen LogP contribution in [0.15, 0.2) is 36.4 Å². The number of fused-ring (bicyclic) bond motifs is 1. The number of nitrogens with zero attached hydrogens (tertiary/aromatic N) is 1. The molecule has 0 spiro atoms. The number of hydrogen-bond donors (Lipinski definition) is 2. The van der Waals surface area contributed by atoms with Gasteiger partial charge in [-0.25, -0.2) is 9.78 Å². The molecule has 0 fully saturated rings. The Morgan fingerprint density at radius 1 is 1.00 bits per heavy atom. The van der Waals surface area contributed by atoms with E-state index in [9.17, 15) is 14.4 Å². The summed E-state index contributed by atoms with van der Waals surface area (Å²) in [6.07, 6.45) is 0. The van der Waals surface area contributed by atoms with E-state index in [1.165, 1.54) is 44.6 Å². The predicted molar refractivity (Wildman–Crippen MR) is 106 cm³/mol. The Hall–Kier alpha value is -3.46. The molecular weight excluding hydrogens is 382 g/mol. The number of anilines is 2. The molecule has 1 heterocycles. The molecule has 144 valence electrons. The summed E-state index contributed by atoms with van der Waals surface area (Å²) in [4.78, 5) is 39.6. The lowest BCUT2D eigenvalue weighted by molar-refractivity contribution is -0.114. The zero-order valence-corrected chi connectivity index (χ0v) is 16.2. The van der Waals surface area contributed by atoms with E-state index in [0.29, 0.717) is 33.2 Å². The first-order chi connectivity index (χ1) is 13.4. The topological polar surface area (TPSA) is 107 Å². The number of carbonyl (C=O) groups is 3. The third kappa shape index (κ3) is 4.09. The van der Waals surface area contributed by atoms with Gasteiger partial charge in [0.1, 0.15) is 11.3 Å². The smallest absolute Gasteiger partial charge is 0.337 e. The highest BCUT2D eigenvalue weighted by atomic mass is 32.1. The molecule has 0 atom stereocenters. The van der Waals surface area contributed by atoms with Crippen LogP contribution in [-0.2, 0) is 9.53 Å². The van der Waals surface area contributed by atoms with Gasteiger partial charge in [0.15, 0.2) is 5.13 Å². The number of ether oxygens (including phenoxy) is 2. The van der Waals surface area contributed by atoms with E-state index >= 15 is 0 Å². The van der Waals surface area contributed by atoms with Crippen LogP contribution in [0.3, 0.4) is 0 Å². The molecule has 0 radical (unpaired) electrons. The van der Waals surface area contributed by atoms with Crippen molar-refractivity contribution >= 4 is 50.2 Å². The number of methoxy groups -OCH3 is 2. The lowest BCUT2D eigenvalue weighted by Crippen LogP contribution is -2.12. The fourth-order valence-electron chi connectivity index (χ4n) is 2.51. The molecule has 2 N–H and O–H groups in total. The van der Waals surface area contributed by atoms with E-state index in [1.54, 1.807) is 24.3 Å². The fraction of sp³-hybridized carbons (Fsp3) is 0.158. The maximum Gasteiger partial charge on any atom is 0.337 e.